The number of ketones is 1. The SMILES string of the molecule is CC(=O)[C@@H]1[C@@H]2CC[C@@H](O2)N2CCC[C@@H]12. The maximum atomic E-state index is 11.6. The molecule has 0 unspecified atom stereocenters. The van der Waals surface area contributed by atoms with E-state index in [-0.39, 0.29) is 12.0 Å². The fourth-order valence-corrected chi connectivity index (χ4v) is 3.49. The van der Waals surface area contributed by atoms with E-state index in [1.165, 1.54) is 12.8 Å². The fraction of sp³-hybridized carbons (Fsp3) is 0.909. The molecular formula is C11H17NO2. The lowest BCUT2D eigenvalue weighted by molar-refractivity contribution is -0.156. The van der Waals surface area contributed by atoms with Crippen LogP contribution in [0.1, 0.15) is 32.6 Å². The van der Waals surface area contributed by atoms with Gasteiger partial charge in [-0.15, -0.1) is 0 Å². The molecule has 3 aliphatic rings. The van der Waals surface area contributed by atoms with Crippen molar-refractivity contribution in [2.24, 2.45) is 5.92 Å². The van der Waals surface area contributed by atoms with E-state index in [9.17, 15) is 4.79 Å². The molecular weight excluding hydrogens is 178 g/mol. The second kappa shape index (κ2) is 3.04. The van der Waals surface area contributed by atoms with Gasteiger partial charge in [0.05, 0.1) is 12.0 Å². The number of hydrogen-bond acceptors (Lipinski definition) is 3. The highest BCUT2D eigenvalue weighted by Crippen LogP contribution is 2.42. The average molecular weight is 195 g/mol. The first-order valence-corrected chi connectivity index (χ1v) is 5.69. The Morgan fingerprint density at radius 1 is 1.36 bits per heavy atom. The van der Waals surface area contributed by atoms with Crippen molar-refractivity contribution in [1.82, 2.24) is 4.90 Å². The Bertz CT molecular complexity index is 266. The number of Topliss-reactive ketones (excluding diaryl/α,β-unsaturated/α-hetero) is 1. The van der Waals surface area contributed by atoms with Crippen molar-refractivity contribution < 1.29 is 9.53 Å². The Morgan fingerprint density at radius 3 is 3.00 bits per heavy atom. The van der Waals surface area contributed by atoms with Crippen LogP contribution in [0.2, 0.25) is 0 Å². The van der Waals surface area contributed by atoms with Gasteiger partial charge < -0.3 is 4.74 Å². The molecule has 78 valence electrons. The van der Waals surface area contributed by atoms with Gasteiger partial charge in [0.1, 0.15) is 12.0 Å². The standard InChI is InChI=1S/C11H17NO2/c1-7(13)11-8-3-2-6-12(8)10-5-4-9(11)14-10/h8-11H,2-6H2,1H3/t8-,9-,10+,11-/m0/s1. The molecule has 3 rings (SSSR count). The zero-order chi connectivity index (χ0) is 9.71. The van der Waals surface area contributed by atoms with Gasteiger partial charge in [0.15, 0.2) is 0 Å². The van der Waals surface area contributed by atoms with E-state index >= 15 is 0 Å². The van der Waals surface area contributed by atoms with E-state index in [0.717, 1.165) is 19.4 Å². The summed E-state index contributed by atoms with van der Waals surface area (Å²) < 4.78 is 5.89. The van der Waals surface area contributed by atoms with Crippen LogP contribution in [0.4, 0.5) is 0 Å². The first-order chi connectivity index (χ1) is 6.77. The van der Waals surface area contributed by atoms with E-state index < -0.39 is 0 Å². The van der Waals surface area contributed by atoms with Crippen LogP contribution in [0.3, 0.4) is 0 Å². The first kappa shape index (κ1) is 8.86. The molecule has 0 amide bonds. The highest BCUT2D eigenvalue weighted by atomic mass is 16.5. The molecule has 3 aliphatic heterocycles. The van der Waals surface area contributed by atoms with Gasteiger partial charge in [0.2, 0.25) is 0 Å². The van der Waals surface area contributed by atoms with E-state index in [0.29, 0.717) is 18.1 Å². The number of rotatable bonds is 1. The third kappa shape index (κ3) is 1.09. The highest BCUT2D eigenvalue weighted by molar-refractivity contribution is 5.80. The number of hydrogen-bond donors (Lipinski definition) is 0. The van der Waals surface area contributed by atoms with Gasteiger partial charge in [-0.3, -0.25) is 9.69 Å². The molecule has 4 atom stereocenters. The molecule has 0 spiro atoms. The predicted molar refractivity (Wildman–Crippen MR) is 51.8 cm³/mol. The first-order valence-electron chi connectivity index (χ1n) is 5.69. The summed E-state index contributed by atoms with van der Waals surface area (Å²) in [4.78, 5) is 14.0. The summed E-state index contributed by atoms with van der Waals surface area (Å²) in [5.74, 6) is 0.489. The Hall–Kier alpha value is -0.410. The van der Waals surface area contributed by atoms with Crippen LogP contribution < -0.4 is 0 Å². The predicted octanol–water partition coefficient (Wildman–Crippen LogP) is 1.17. The molecule has 3 nitrogen and oxygen atoms in total. The van der Waals surface area contributed by atoms with E-state index in [4.69, 9.17) is 4.74 Å². The van der Waals surface area contributed by atoms with Crippen molar-refractivity contribution in [2.75, 3.05) is 6.54 Å². The second-order valence-electron chi connectivity index (χ2n) is 4.79. The third-order valence-electron chi connectivity index (χ3n) is 4.03. The minimum atomic E-state index is 0.163. The zero-order valence-corrected chi connectivity index (χ0v) is 8.61. The molecule has 0 saturated carbocycles. The van der Waals surface area contributed by atoms with E-state index in [1.807, 2.05) is 0 Å². The number of fused-ring (bicyclic) bond motifs is 4. The minimum Gasteiger partial charge on any atom is -0.359 e. The van der Waals surface area contributed by atoms with Crippen LogP contribution >= 0.6 is 0 Å². The van der Waals surface area contributed by atoms with Crippen molar-refractivity contribution in [2.45, 2.75) is 51.0 Å². The Balaban J connectivity index is 1.92. The van der Waals surface area contributed by atoms with Gasteiger partial charge >= 0.3 is 0 Å². The molecule has 3 heterocycles. The quantitative estimate of drug-likeness (QED) is 0.629. The van der Waals surface area contributed by atoms with Crippen LogP contribution in [0.15, 0.2) is 0 Å². The van der Waals surface area contributed by atoms with Gasteiger partial charge in [-0.05, 0) is 32.6 Å². The Kier molecular flexibility index (Phi) is 1.92. The van der Waals surface area contributed by atoms with Crippen LogP contribution in [0.25, 0.3) is 0 Å². The largest absolute Gasteiger partial charge is 0.359 e. The lowest BCUT2D eigenvalue weighted by Gasteiger charge is -2.40. The summed E-state index contributed by atoms with van der Waals surface area (Å²) >= 11 is 0. The van der Waals surface area contributed by atoms with Gasteiger partial charge in [-0.1, -0.05) is 0 Å². The van der Waals surface area contributed by atoms with Crippen molar-refractivity contribution in [3.63, 3.8) is 0 Å². The smallest absolute Gasteiger partial charge is 0.137 e. The summed E-state index contributed by atoms with van der Waals surface area (Å²) in [6, 6.07) is 0.499. The maximum Gasteiger partial charge on any atom is 0.137 e. The zero-order valence-electron chi connectivity index (χ0n) is 8.61. The molecule has 3 heteroatoms. The lowest BCUT2D eigenvalue weighted by atomic mass is 9.87. The minimum absolute atomic E-state index is 0.163. The average Bonchev–Trinajstić information content (AvgIpc) is 2.73. The summed E-state index contributed by atoms with van der Waals surface area (Å²) in [5.41, 5.74) is 0. The van der Waals surface area contributed by atoms with Crippen LogP contribution in [-0.4, -0.2) is 35.6 Å². The van der Waals surface area contributed by atoms with E-state index in [1.54, 1.807) is 6.92 Å². The molecule has 0 aromatic rings. The van der Waals surface area contributed by atoms with Gasteiger partial charge in [-0.25, -0.2) is 0 Å². The summed E-state index contributed by atoms with van der Waals surface area (Å²) in [5, 5.41) is 0. The van der Waals surface area contributed by atoms with Gasteiger partial charge in [0, 0.05) is 12.6 Å². The monoisotopic (exact) mass is 195 g/mol. The van der Waals surface area contributed by atoms with Crippen molar-refractivity contribution in [1.29, 1.82) is 0 Å². The molecule has 0 N–H and O–H groups in total. The molecule has 0 aromatic carbocycles. The maximum absolute atomic E-state index is 11.6. The molecule has 0 aliphatic carbocycles. The van der Waals surface area contributed by atoms with Gasteiger partial charge in [-0.2, -0.15) is 0 Å². The third-order valence-corrected chi connectivity index (χ3v) is 4.03. The molecule has 14 heavy (non-hydrogen) atoms. The Labute approximate surface area is 84.4 Å². The molecule has 0 aromatic heterocycles. The highest BCUT2D eigenvalue weighted by Gasteiger charge is 2.50. The normalized spacial score (nSPS) is 46.6. The Morgan fingerprint density at radius 2 is 2.21 bits per heavy atom. The number of nitrogens with zero attached hydrogens (tertiary/aromatic N) is 1. The van der Waals surface area contributed by atoms with Crippen LogP contribution in [-0.2, 0) is 9.53 Å². The van der Waals surface area contributed by atoms with Gasteiger partial charge in [0.25, 0.3) is 0 Å². The molecule has 0 radical (unpaired) electrons. The lowest BCUT2D eigenvalue weighted by Crippen LogP contribution is -2.52. The second-order valence-corrected chi connectivity index (χ2v) is 4.79. The summed E-state index contributed by atoms with van der Waals surface area (Å²) in [6.45, 7) is 2.86. The summed E-state index contributed by atoms with van der Waals surface area (Å²) in [7, 11) is 0. The fourth-order valence-electron chi connectivity index (χ4n) is 3.49. The molecule has 3 saturated heterocycles. The topological polar surface area (TPSA) is 29.5 Å². The van der Waals surface area contributed by atoms with Crippen LogP contribution in [0.5, 0.6) is 0 Å². The summed E-state index contributed by atoms with van der Waals surface area (Å²) in [6.07, 6.45) is 5.22. The molecule has 3 fully saturated rings. The van der Waals surface area contributed by atoms with Crippen molar-refractivity contribution >= 4 is 5.78 Å². The molecule has 2 bridgehead atoms. The van der Waals surface area contributed by atoms with Crippen LogP contribution in [0, 0.1) is 5.92 Å². The van der Waals surface area contributed by atoms with E-state index in [2.05, 4.69) is 4.90 Å². The number of carbonyl (C=O) groups is 1. The van der Waals surface area contributed by atoms with Crippen molar-refractivity contribution in [3.8, 4) is 0 Å². The number of carbonyl (C=O) groups excluding carboxylic acids is 1. The number of ether oxygens (including phenoxy) is 1. The van der Waals surface area contributed by atoms with Crippen molar-refractivity contribution in [3.05, 3.63) is 0 Å².